The average Bonchev–Trinajstić information content (AvgIpc) is 1.96. The van der Waals surface area contributed by atoms with Gasteiger partial charge >= 0.3 is 0 Å². The minimum atomic E-state index is -0.398. The summed E-state index contributed by atoms with van der Waals surface area (Å²) in [6, 6.07) is 0. The third-order valence-electron chi connectivity index (χ3n) is 3.03. The fraction of sp³-hybridized carbons (Fsp3) is 1.00. The van der Waals surface area contributed by atoms with Gasteiger partial charge in [-0.15, -0.1) is 0 Å². The Labute approximate surface area is 80.3 Å². The number of hydrogen-bond acceptors (Lipinski definition) is 3. The molecule has 78 valence electrons. The fourth-order valence-corrected chi connectivity index (χ4v) is 2.39. The Morgan fingerprint density at radius 2 is 1.85 bits per heavy atom. The summed E-state index contributed by atoms with van der Waals surface area (Å²) in [5, 5.41) is 8.96. The molecule has 0 radical (unpaired) electrons. The second kappa shape index (κ2) is 2.94. The lowest BCUT2D eigenvalue weighted by Gasteiger charge is -2.35. The molecule has 13 heavy (non-hydrogen) atoms. The Hall–Kier alpha value is -0.120. The van der Waals surface area contributed by atoms with Gasteiger partial charge in [-0.3, -0.25) is 0 Å². The molecule has 3 nitrogen and oxygen atoms in total. The molecule has 1 aliphatic rings. The number of hydrogen-bond donors (Lipinski definition) is 2. The second-order valence-electron chi connectivity index (χ2n) is 5.18. The van der Waals surface area contributed by atoms with Crippen LogP contribution in [-0.4, -0.2) is 28.5 Å². The molecule has 0 aromatic heterocycles. The van der Waals surface area contributed by atoms with Crippen molar-refractivity contribution in [3.05, 3.63) is 0 Å². The predicted molar refractivity (Wildman–Crippen MR) is 52.5 cm³/mol. The SMILES string of the molecule is CC1(C)CC(N)(CCO)C(C)(C)O1. The highest BCUT2D eigenvalue weighted by Crippen LogP contribution is 2.44. The third kappa shape index (κ3) is 1.87. The maximum atomic E-state index is 8.96. The summed E-state index contributed by atoms with van der Waals surface area (Å²) in [6.45, 7) is 8.20. The largest absolute Gasteiger partial charge is 0.396 e. The number of aliphatic hydroxyl groups excluding tert-OH is 1. The van der Waals surface area contributed by atoms with Crippen LogP contribution in [0.2, 0.25) is 0 Å². The van der Waals surface area contributed by atoms with Gasteiger partial charge in [-0.25, -0.2) is 0 Å². The summed E-state index contributed by atoms with van der Waals surface area (Å²) in [5.74, 6) is 0. The Balaban J connectivity index is 2.86. The van der Waals surface area contributed by atoms with Gasteiger partial charge in [-0.05, 0) is 40.5 Å². The maximum absolute atomic E-state index is 8.96. The zero-order valence-corrected chi connectivity index (χ0v) is 9.05. The van der Waals surface area contributed by atoms with Crippen molar-refractivity contribution >= 4 is 0 Å². The van der Waals surface area contributed by atoms with Crippen molar-refractivity contribution in [1.82, 2.24) is 0 Å². The number of ether oxygens (including phenoxy) is 1. The van der Waals surface area contributed by atoms with E-state index in [0.29, 0.717) is 6.42 Å². The normalized spacial score (nSPS) is 36.5. The monoisotopic (exact) mass is 187 g/mol. The molecule has 1 unspecified atom stereocenters. The summed E-state index contributed by atoms with van der Waals surface area (Å²) >= 11 is 0. The maximum Gasteiger partial charge on any atom is 0.0814 e. The Kier molecular flexibility index (Phi) is 2.48. The molecule has 1 saturated heterocycles. The molecule has 1 atom stereocenters. The van der Waals surface area contributed by atoms with E-state index in [1.165, 1.54) is 0 Å². The van der Waals surface area contributed by atoms with E-state index in [1.807, 2.05) is 27.7 Å². The first-order valence-corrected chi connectivity index (χ1v) is 4.82. The van der Waals surface area contributed by atoms with Crippen LogP contribution in [-0.2, 0) is 4.74 Å². The van der Waals surface area contributed by atoms with E-state index in [2.05, 4.69) is 0 Å². The van der Waals surface area contributed by atoms with Crippen LogP contribution in [0, 0.1) is 0 Å². The smallest absolute Gasteiger partial charge is 0.0814 e. The van der Waals surface area contributed by atoms with Crippen molar-refractivity contribution < 1.29 is 9.84 Å². The molecular formula is C10H21NO2. The standard InChI is InChI=1S/C10H21NO2/c1-8(2)7-10(11,5-6-12)9(3,4)13-8/h12H,5-7,11H2,1-4H3. The minimum Gasteiger partial charge on any atom is -0.396 e. The average molecular weight is 187 g/mol. The van der Waals surface area contributed by atoms with E-state index in [1.54, 1.807) is 0 Å². The van der Waals surface area contributed by atoms with Gasteiger partial charge in [-0.2, -0.15) is 0 Å². The van der Waals surface area contributed by atoms with Crippen LogP contribution in [0.3, 0.4) is 0 Å². The zero-order chi connectivity index (χ0) is 10.3. The fourth-order valence-electron chi connectivity index (χ4n) is 2.39. The molecule has 0 aromatic rings. The minimum absolute atomic E-state index is 0.124. The van der Waals surface area contributed by atoms with Gasteiger partial charge < -0.3 is 15.6 Å². The van der Waals surface area contributed by atoms with Crippen molar-refractivity contribution in [2.45, 2.75) is 57.3 Å². The lowest BCUT2D eigenvalue weighted by molar-refractivity contribution is -0.0806. The van der Waals surface area contributed by atoms with Crippen LogP contribution in [0.25, 0.3) is 0 Å². The highest BCUT2D eigenvalue weighted by molar-refractivity contribution is 5.09. The van der Waals surface area contributed by atoms with Crippen LogP contribution in [0.15, 0.2) is 0 Å². The first-order chi connectivity index (χ1) is 5.72. The first-order valence-electron chi connectivity index (χ1n) is 4.82. The highest BCUT2D eigenvalue weighted by Gasteiger charge is 2.54. The third-order valence-corrected chi connectivity index (χ3v) is 3.03. The molecule has 0 amide bonds. The van der Waals surface area contributed by atoms with Crippen molar-refractivity contribution in [1.29, 1.82) is 0 Å². The Morgan fingerprint density at radius 3 is 2.15 bits per heavy atom. The van der Waals surface area contributed by atoms with Crippen LogP contribution in [0.4, 0.5) is 0 Å². The molecule has 0 aromatic carbocycles. The highest BCUT2D eigenvalue weighted by atomic mass is 16.5. The van der Waals surface area contributed by atoms with Gasteiger partial charge in [0.15, 0.2) is 0 Å². The lowest BCUT2D eigenvalue weighted by Crippen LogP contribution is -2.54. The molecule has 1 aliphatic heterocycles. The van der Waals surface area contributed by atoms with Crippen LogP contribution < -0.4 is 5.73 Å². The summed E-state index contributed by atoms with van der Waals surface area (Å²) < 4.78 is 5.87. The molecule has 0 aliphatic carbocycles. The number of nitrogens with two attached hydrogens (primary N) is 1. The summed E-state index contributed by atoms with van der Waals surface area (Å²) in [5.41, 5.74) is 5.32. The molecule has 0 bridgehead atoms. The molecular weight excluding hydrogens is 166 g/mol. The molecule has 1 fully saturated rings. The number of aliphatic hydroxyl groups is 1. The summed E-state index contributed by atoms with van der Waals surface area (Å²) in [4.78, 5) is 0. The quantitative estimate of drug-likeness (QED) is 0.679. The van der Waals surface area contributed by atoms with Crippen molar-refractivity contribution in [3.8, 4) is 0 Å². The molecule has 0 spiro atoms. The van der Waals surface area contributed by atoms with Gasteiger partial charge in [0.05, 0.1) is 11.2 Å². The topological polar surface area (TPSA) is 55.5 Å². The second-order valence-corrected chi connectivity index (χ2v) is 5.18. The van der Waals surface area contributed by atoms with Gasteiger partial charge in [-0.1, -0.05) is 0 Å². The van der Waals surface area contributed by atoms with Crippen molar-refractivity contribution in [2.24, 2.45) is 5.73 Å². The van der Waals surface area contributed by atoms with E-state index < -0.39 is 5.54 Å². The Morgan fingerprint density at radius 1 is 1.31 bits per heavy atom. The molecule has 0 saturated carbocycles. The van der Waals surface area contributed by atoms with Crippen molar-refractivity contribution in [2.75, 3.05) is 6.61 Å². The van der Waals surface area contributed by atoms with Gasteiger partial charge in [0.1, 0.15) is 0 Å². The Bertz CT molecular complexity index is 201. The summed E-state index contributed by atoms with van der Waals surface area (Å²) in [6.07, 6.45) is 1.40. The zero-order valence-electron chi connectivity index (χ0n) is 9.05. The van der Waals surface area contributed by atoms with E-state index in [0.717, 1.165) is 6.42 Å². The van der Waals surface area contributed by atoms with E-state index >= 15 is 0 Å². The predicted octanol–water partition coefficient (Wildman–Crippen LogP) is 1.04. The molecule has 3 N–H and O–H groups in total. The molecule has 1 heterocycles. The van der Waals surface area contributed by atoms with E-state index in [-0.39, 0.29) is 17.8 Å². The number of rotatable bonds is 2. The van der Waals surface area contributed by atoms with Crippen molar-refractivity contribution in [3.63, 3.8) is 0 Å². The van der Waals surface area contributed by atoms with Crippen LogP contribution in [0.5, 0.6) is 0 Å². The van der Waals surface area contributed by atoms with Gasteiger partial charge in [0.2, 0.25) is 0 Å². The van der Waals surface area contributed by atoms with E-state index in [4.69, 9.17) is 15.6 Å². The van der Waals surface area contributed by atoms with Gasteiger partial charge in [0, 0.05) is 12.1 Å². The van der Waals surface area contributed by atoms with Crippen LogP contribution in [0.1, 0.15) is 40.5 Å². The molecule has 3 heteroatoms. The van der Waals surface area contributed by atoms with Gasteiger partial charge in [0.25, 0.3) is 0 Å². The first kappa shape index (κ1) is 11.0. The summed E-state index contributed by atoms with van der Waals surface area (Å²) in [7, 11) is 0. The van der Waals surface area contributed by atoms with Crippen LogP contribution >= 0.6 is 0 Å². The molecule has 1 rings (SSSR count). The van der Waals surface area contributed by atoms with E-state index in [9.17, 15) is 0 Å². The lowest BCUT2D eigenvalue weighted by atomic mass is 9.78.